The standard InChI is InChI=1S/C47H50N8O6.C37H41N7O3.C11H12O4/c1-28(2)40(52-46(58)60-3)44(56)54-22-8-12-38(54)43-49-27-37(51-43)35-21-20-33-24-32(18-19-34(33)25-35)29-14-16-30(17-15-29)36-26-48-42(50-36)39-13-9-23-55(39)45(57)41(53-47(59)61-4)31-10-6-5-7-11-31;1-22(2)33(43-37(46)47-3)36(45)44-17-5-7-32(44)35-40-21-31(42-35)28-15-14-26-18-25(12-13-27(26)19-28)23-8-10-24(11-9-23)30-20-39-34(41-30)29-6-4-16-38-29;1-15-10(12)7-9(11(13)14)8-5-3-2-4-6-8/h5-7,10-11,14-21,24-28,38-41H,8-9,12-13,22-23H2,1-4H3,(H,48,50)(H,49,51)(H,52,58)(H,53,59);8-15,18-22,29,32-33,38H,4-7,16-17H2,1-3H3,(H,39,41)(H,40,42)(H,43,46);2-6,9H,7H2,1H3,(H,13,14)/t38-,39-,40-,41+;29-,32-,33-;9-/m001/s1. The Labute approximate surface area is 712 Å². The molecule has 4 aromatic heterocycles. The van der Waals surface area contributed by atoms with Gasteiger partial charge in [-0.3, -0.25) is 24.0 Å². The first-order valence-electron chi connectivity index (χ1n) is 41.7. The van der Waals surface area contributed by atoms with Gasteiger partial charge in [0.05, 0.1) is 113 Å². The zero-order valence-corrected chi connectivity index (χ0v) is 70.1. The summed E-state index contributed by atoms with van der Waals surface area (Å²) in [4.78, 5) is 137. The van der Waals surface area contributed by atoms with Crippen molar-refractivity contribution in [2.45, 2.75) is 134 Å². The van der Waals surface area contributed by atoms with Crippen LogP contribution < -0.4 is 21.3 Å². The predicted molar refractivity (Wildman–Crippen MR) is 467 cm³/mol. The smallest absolute Gasteiger partial charge is 0.407 e. The summed E-state index contributed by atoms with van der Waals surface area (Å²) < 4.78 is 18.8. The van der Waals surface area contributed by atoms with Gasteiger partial charge in [-0.25, -0.2) is 34.3 Å². The Morgan fingerprint density at radius 2 is 0.748 bits per heavy atom. The van der Waals surface area contributed by atoms with Gasteiger partial charge < -0.3 is 80.0 Å². The molecule has 0 radical (unpaired) electrons. The summed E-state index contributed by atoms with van der Waals surface area (Å²) in [6.07, 6.45) is 12.5. The number of ether oxygens (including phenoxy) is 4. The third kappa shape index (κ3) is 20.0. The van der Waals surface area contributed by atoms with Crippen molar-refractivity contribution in [1.29, 1.82) is 0 Å². The van der Waals surface area contributed by atoms with Gasteiger partial charge >= 0.3 is 30.2 Å². The number of benzene rings is 8. The zero-order valence-electron chi connectivity index (χ0n) is 70.1. The number of carboxylic acids is 1. The van der Waals surface area contributed by atoms with Crippen LogP contribution in [-0.4, -0.2) is 174 Å². The summed E-state index contributed by atoms with van der Waals surface area (Å²) in [7, 11) is 5.12. The third-order valence-corrected chi connectivity index (χ3v) is 23.4. The van der Waals surface area contributed by atoms with Gasteiger partial charge in [0, 0.05) is 30.8 Å². The van der Waals surface area contributed by atoms with Gasteiger partial charge in [-0.2, -0.15) is 0 Å². The molecule has 0 aliphatic carbocycles. The Morgan fingerprint density at radius 1 is 0.398 bits per heavy atom. The first-order valence-corrected chi connectivity index (χ1v) is 41.7. The lowest BCUT2D eigenvalue weighted by Crippen LogP contribution is -2.51. The average molecular weight is 1660 g/mol. The fourth-order valence-corrected chi connectivity index (χ4v) is 16.7. The lowest BCUT2D eigenvalue weighted by molar-refractivity contribution is -0.147. The number of alkyl carbamates (subject to hydrolysis) is 3. The second-order valence-corrected chi connectivity index (χ2v) is 31.9. The molecule has 6 amide bonds. The predicted octanol–water partition coefficient (Wildman–Crippen LogP) is 16.3. The van der Waals surface area contributed by atoms with Crippen molar-refractivity contribution in [1.82, 2.24) is 75.8 Å². The normalized spacial score (nSPS) is 17.1. The molecule has 9 N–H and O–H groups in total. The maximum atomic E-state index is 13.9. The Morgan fingerprint density at radius 3 is 1.13 bits per heavy atom. The van der Waals surface area contributed by atoms with Crippen LogP contribution in [0.5, 0.6) is 0 Å². The van der Waals surface area contributed by atoms with E-state index in [0.29, 0.717) is 42.6 Å². The van der Waals surface area contributed by atoms with Crippen molar-refractivity contribution in [2.75, 3.05) is 54.6 Å². The Kier molecular flexibility index (Phi) is 27.3. The number of imidazole rings is 4. The summed E-state index contributed by atoms with van der Waals surface area (Å²) in [6, 6.07) is 57.9. The van der Waals surface area contributed by atoms with Crippen molar-refractivity contribution in [3.8, 4) is 67.3 Å². The van der Waals surface area contributed by atoms with Crippen molar-refractivity contribution in [3.05, 3.63) is 241 Å². The molecule has 123 heavy (non-hydrogen) atoms. The molecule has 16 rings (SSSR count). The van der Waals surface area contributed by atoms with Crippen molar-refractivity contribution < 1.29 is 62.4 Å². The number of aliphatic carboxylic acids is 1. The zero-order chi connectivity index (χ0) is 86.4. The molecule has 0 bridgehead atoms. The quantitative estimate of drug-likeness (QED) is 0.0212. The number of nitrogens with zero attached hydrogens (tertiary/aromatic N) is 7. The molecule has 8 heterocycles. The van der Waals surface area contributed by atoms with E-state index in [1.165, 1.54) is 34.9 Å². The number of nitrogens with one attached hydrogen (secondary N) is 8. The highest BCUT2D eigenvalue weighted by Gasteiger charge is 2.41. The van der Waals surface area contributed by atoms with Crippen LogP contribution in [0, 0.1) is 11.8 Å². The van der Waals surface area contributed by atoms with E-state index in [0.717, 1.165) is 158 Å². The molecular formula is C95H103N15O13. The summed E-state index contributed by atoms with van der Waals surface area (Å²) >= 11 is 0. The number of carbonyl (C=O) groups excluding carboxylic acids is 7. The molecule has 4 aliphatic heterocycles. The van der Waals surface area contributed by atoms with Gasteiger partial charge in [0.15, 0.2) is 0 Å². The van der Waals surface area contributed by atoms with E-state index in [-0.39, 0.29) is 54.1 Å². The topological polar surface area (TPSA) is 366 Å². The number of carboxylic acid groups (broad SMARTS) is 1. The lowest BCUT2D eigenvalue weighted by atomic mass is 9.96. The molecule has 4 fully saturated rings. The molecule has 0 spiro atoms. The second kappa shape index (κ2) is 39.2. The van der Waals surface area contributed by atoms with Crippen molar-refractivity contribution in [2.24, 2.45) is 11.8 Å². The SMILES string of the molecule is COC(=O)C[C@@H](C(=O)O)c1ccccc1.COC(=O)N[C@H](C(=O)N1CCC[C@H]1c1ncc(-c2ccc3cc(-c4ccc(-c5cnc([C@@H]6CCCN6)[nH]5)cc4)ccc3c2)[nH]1)C(C)C.COC(=O)N[C@H](C(=O)N1CCC[C@H]1c1ncc(-c2ccc3cc(-c4ccc(-c5cnc([C@@H]6CCCN6C(=O)[C@H](NC(=O)OC)c6ccccc6)[nH]5)cc4)ccc3c2)[nH]1)C(C)C. The van der Waals surface area contributed by atoms with Gasteiger partial charge in [0.25, 0.3) is 5.91 Å². The number of carbonyl (C=O) groups is 8. The van der Waals surface area contributed by atoms with E-state index < -0.39 is 54.3 Å². The fourth-order valence-electron chi connectivity index (χ4n) is 16.7. The minimum Gasteiger partial charge on any atom is -0.481 e. The number of hydrogen-bond donors (Lipinski definition) is 9. The first-order chi connectivity index (χ1) is 59.6. The van der Waals surface area contributed by atoms with Crippen LogP contribution in [0.15, 0.2) is 207 Å². The number of aromatic amines is 4. The molecule has 0 unspecified atom stereocenters. The first kappa shape index (κ1) is 85.7. The van der Waals surface area contributed by atoms with Crippen LogP contribution in [0.3, 0.4) is 0 Å². The van der Waals surface area contributed by atoms with E-state index in [2.05, 4.69) is 172 Å². The van der Waals surface area contributed by atoms with Crippen LogP contribution in [0.1, 0.15) is 156 Å². The highest BCUT2D eigenvalue weighted by Crippen LogP contribution is 2.40. The number of fused-ring (bicyclic) bond motifs is 2. The van der Waals surface area contributed by atoms with Crippen molar-refractivity contribution >= 4 is 69.5 Å². The summed E-state index contributed by atoms with van der Waals surface area (Å²) in [5.41, 5.74) is 13.5. The molecule has 12 aromatic rings. The van der Waals surface area contributed by atoms with Gasteiger partial charge in [-0.05, 0) is 160 Å². The Balaban J connectivity index is 0.000000175. The molecule has 28 nitrogen and oxygen atoms in total. The lowest BCUT2D eigenvalue weighted by Gasteiger charge is -2.30. The van der Waals surface area contributed by atoms with Crippen LogP contribution in [0.2, 0.25) is 0 Å². The number of likely N-dealkylation sites (tertiary alicyclic amines) is 3. The van der Waals surface area contributed by atoms with Gasteiger partial charge in [-0.1, -0.05) is 185 Å². The Hall–Kier alpha value is -13.8. The van der Waals surface area contributed by atoms with E-state index in [1.807, 2.05) is 86.4 Å². The van der Waals surface area contributed by atoms with Crippen LogP contribution in [-0.2, 0) is 42.9 Å². The number of rotatable bonds is 23. The highest BCUT2D eigenvalue weighted by molar-refractivity contribution is 5.94. The molecule has 0 saturated carbocycles. The van der Waals surface area contributed by atoms with Crippen molar-refractivity contribution in [3.63, 3.8) is 0 Å². The van der Waals surface area contributed by atoms with Gasteiger partial charge in [-0.15, -0.1) is 0 Å². The number of esters is 1. The van der Waals surface area contributed by atoms with Crippen LogP contribution in [0.25, 0.3) is 88.8 Å². The van der Waals surface area contributed by atoms with E-state index in [4.69, 9.17) is 34.3 Å². The third-order valence-electron chi connectivity index (χ3n) is 23.4. The minimum absolute atomic E-state index is 0.0815. The maximum absolute atomic E-state index is 13.9. The molecule has 8 atom stereocenters. The molecule has 636 valence electrons. The van der Waals surface area contributed by atoms with Gasteiger partial charge in [0.2, 0.25) is 11.8 Å². The Bertz CT molecular complexity index is 5720. The average Bonchev–Trinajstić information content (AvgIpc) is 1.78. The molecule has 8 aromatic carbocycles. The maximum Gasteiger partial charge on any atom is 0.407 e. The monoisotopic (exact) mass is 1660 g/mol. The second-order valence-electron chi connectivity index (χ2n) is 31.9. The summed E-state index contributed by atoms with van der Waals surface area (Å²) in [6.45, 7) is 10.5. The van der Waals surface area contributed by atoms with E-state index >= 15 is 0 Å². The molecule has 4 aliphatic rings. The van der Waals surface area contributed by atoms with Crippen LogP contribution in [0.4, 0.5) is 14.4 Å². The number of methoxy groups -OCH3 is 4. The number of hydrogen-bond acceptors (Lipinski definition) is 17. The summed E-state index contributed by atoms with van der Waals surface area (Å²) in [5, 5.41) is 25.1. The summed E-state index contributed by atoms with van der Waals surface area (Å²) in [5.74, 6) is 0.168. The van der Waals surface area contributed by atoms with E-state index in [1.54, 1.807) is 41.4 Å². The van der Waals surface area contributed by atoms with E-state index in [9.17, 15) is 38.4 Å². The molecule has 28 heteroatoms. The molecular weight excluding hydrogens is 1560 g/mol. The molecule has 4 saturated heterocycles. The number of aromatic nitrogens is 8. The van der Waals surface area contributed by atoms with Crippen LogP contribution >= 0.6 is 0 Å². The van der Waals surface area contributed by atoms with Gasteiger partial charge in [0.1, 0.15) is 41.4 Å². The fraction of sp³-hybridized carbons (Fsp3) is 0.326. The minimum atomic E-state index is -1.02. The number of H-pyrrole nitrogens is 4. The number of amides is 6. The highest BCUT2D eigenvalue weighted by atomic mass is 16.5. The largest absolute Gasteiger partial charge is 0.481 e.